The van der Waals surface area contributed by atoms with Crippen LogP contribution in [-0.2, 0) is 6.54 Å². The molecule has 108 valence electrons. The second-order valence-electron chi connectivity index (χ2n) is 4.94. The van der Waals surface area contributed by atoms with Crippen LogP contribution in [-0.4, -0.2) is 39.2 Å². The lowest BCUT2D eigenvalue weighted by atomic mass is 10.1. The molecular formula is C14H20N4O2. The van der Waals surface area contributed by atoms with Crippen molar-refractivity contribution in [3.8, 4) is 0 Å². The zero-order valence-corrected chi connectivity index (χ0v) is 11.8. The summed E-state index contributed by atoms with van der Waals surface area (Å²) >= 11 is 0. The van der Waals surface area contributed by atoms with E-state index in [4.69, 9.17) is 5.11 Å². The van der Waals surface area contributed by atoms with Gasteiger partial charge in [0.05, 0.1) is 5.52 Å². The lowest BCUT2D eigenvalue weighted by molar-refractivity contribution is 0.0945. The summed E-state index contributed by atoms with van der Waals surface area (Å²) in [7, 11) is 0. The highest BCUT2D eigenvalue weighted by atomic mass is 16.3. The molecule has 6 heteroatoms. The van der Waals surface area contributed by atoms with Gasteiger partial charge in [-0.05, 0) is 37.5 Å². The average molecular weight is 276 g/mol. The molecule has 1 aromatic heterocycles. The van der Waals surface area contributed by atoms with Crippen molar-refractivity contribution in [3.63, 3.8) is 0 Å². The van der Waals surface area contributed by atoms with E-state index in [1.54, 1.807) is 16.8 Å². The van der Waals surface area contributed by atoms with Gasteiger partial charge in [0.2, 0.25) is 0 Å². The zero-order chi connectivity index (χ0) is 14.5. The van der Waals surface area contributed by atoms with Gasteiger partial charge >= 0.3 is 0 Å². The van der Waals surface area contributed by atoms with E-state index >= 15 is 0 Å². The molecule has 0 saturated heterocycles. The summed E-state index contributed by atoms with van der Waals surface area (Å²) in [6, 6.07) is 5.40. The minimum absolute atomic E-state index is 0.122. The SMILES string of the molecule is CCn1nnc2cc(C(=O)NCC(C)CCO)ccc21. The van der Waals surface area contributed by atoms with Crippen LogP contribution in [0.15, 0.2) is 18.2 Å². The Morgan fingerprint density at radius 3 is 3.00 bits per heavy atom. The fourth-order valence-electron chi connectivity index (χ4n) is 2.04. The number of nitrogens with one attached hydrogen (secondary N) is 1. The van der Waals surface area contributed by atoms with Crippen LogP contribution < -0.4 is 5.32 Å². The largest absolute Gasteiger partial charge is 0.396 e. The molecular weight excluding hydrogens is 256 g/mol. The van der Waals surface area contributed by atoms with Crippen LogP contribution in [0.2, 0.25) is 0 Å². The van der Waals surface area contributed by atoms with Crippen LogP contribution in [0.4, 0.5) is 0 Å². The maximum Gasteiger partial charge on any atom is 0.251 e. The Labute approximate surface area is 117 Å². The molecule has 1 atom stereocenters. The molecule has 1 amide bonds. The van der Waals surface area contributed by atoms with Crippen LogP contribution in [0.25, 0.3) is 11.0 Å². The van der Waals surface area contributed by atoms with Gasteiger partial charge in [-0.15, -0.1) is 5.10 Å². The summed E-state index contributed by atoms with van der Waals surface area (Å²) in [5.41, 5.74) is 2.23. The van der Waals surface area contributed by atoms with Crippen LogP contribution in [0.1, 0.15) is 30.6 Å². The number of aliphatic hydroxyl groups excluding tert-OH is 1. The Morgan fingerprint density at radius 2 is 2.30 bits per heavy atom. The van der Waals surface area contributed by atoms with Crippen molar-refractivity contribution in [2.75, 3.05) is 13.2 Å². The van der Waals surface area contributed by atoms with E-state index in [0.29, 0.717) is 18.5 Å². The van der Waals surface area contributed by atoms with Gasteiger partial charge in [-0.3, -0.25) is 4.79 Å². The lowest BCUT2D eigenvalue weighted by Crippen LogP contribution is -2.28. The van der Waals surface area contributed by atoms with Crippen molar-refractivity contribution >= 4 is 16.9 Å². The van der Waals surface area contributed by atoms with E-state index in [1.165, 1.54) is 0 Å². The van der Waals surface area contributed by atoms with Crippen molar-refractivity contribution in [1.82, 2.24) is 20.3 Å². The molecule has 6 nitrogen and oxygen atoms in total. The summed E-state index contributed by atoms with van der Waals surface area (Å²) < 4.78 is 1.79. The number of benzene rings is 1. The normalized spacial score (nSPS) is 12.6. The molecule has 1 heterocycles. The molecule has 0 aliphatic rings. The molecule has 1 unspecified atom stereocenters. The highest BCUT2D eigenvalue weighted by molar-refractivity contribution is 5.97. The van der Waals surface area contributed by atoms with Gasteiger partial charge in [0, 0.05) is 25.3 Å². The Kier molecular flexibility index (Phi) is 4.68. The lowest BCUT2D eigenvalue weighted by Gasteiger charge is -2.11. The Bertz CT molecular complexity index is 594. The molecule has 2 rings (SSSR count). The maximum atomic E-state index is 12.0. The van der Waals surface area contributed by atoms with Gasteiger partial charge in [-0.1, -0.05) is 12.1 Å². The van der Waals surface area contributed by atoms with E-state index < -0.39 is 0 Å². The molecule has 0 aliphatic heterocycles. The summed E-state index contributed by atoms with van der Waals surface area (Å²) in [5, 5.41) is 19.8. The van der Waals surface area contributed by atoms with Gasteiger partial charge in [0.25, 0.3) is 5.91 Å². The minimum Gasteiger partial charge on any atom is -0.396 e. The van der Waals surface area contributed by atoms with E-state index in [0.717, 1.165) is 17.6 Å². The van der Waals surface area contributed by atoms with Crippen LogP contribution >= 0.6 is 0 Å². The number of aryl methyl sites for hydroxylation is 1. The highest BCUT2D eigenvalue weighted by Crippen LogP contribution is 2.13. The number of aliphatic hydroxyl groups is 1. The summed E-state index contributed by atoms with van der Waals surface area (Å²) in [6.45, 7) is 5.44. The number of carbonyl (C=O) groups is 1. The Morgan fingerprint density at radius 1 is 1.50 bits per heavy atom. The topological polar surface area (TPSA) is 80.0 Å². The first-order chi connectivity index (χ1) is 9.65. The number of fused-ring (bicyclic) bond motifs is 1. The van der Waals surface area contributed by atoms with Gasteiger partial charge in [-0.25, -0.2) is 4.68 Å². The van der Waals surface area contributed by atoms with Gasteiger partial charge in [0.1, 0.15) is 5.52 Å². The smallest absolute Gasteiger partial charge is 0.251 e. The molecule has 0 fully saturated rings. The van der Waals surface area contributed by atoms with Gasteiger partial charge in [0.15, 0.2) is 0 Å². The number of nitrogens with zero attached hydrogens (tertiary/aromatic N) is 3. The van der Waals surface area contributed by atoms with Gasteiger partial charge < -0.3 is 10.4 Å². The fourth-order valence-corrected chi connectivity index (χ4v) is 2.04. The predicted octanol–water partition coefficient (Wildman–Crippen LogP) is 1.20. The molecule has 0 spiro atoms. The fraction of sp³-hybridized carbons (Fsp3) is 0.500. The number of aromatic nitrogens is 3. The number of hydrogen-bond acceptors (Lipinski definition) is 4. The molecule has 2 N–H and O–H groups in total. The molecule has 1 aromatic carbocycles. The zero-order valence-electron chi connectivity index (χ0n) is 11.8. The van der Waals surface area contributed by atoms with E-state index in [9.17, 15) is 4.79 Å². The molecule has 20 heavy (non-hydrogen) atoms. The van der Waals surface area contributed by atoms with Crippen LogP contribution in [0.3, 0.4) is 0 Å². The quantitative estimate of drug-likeness (QED) is 0.831. The standard InChI is InChI=1S/C14H20N4O2/c1-3-18-13-5-4-11(8-12(13)16-17-18)14(20)15-9-10(2)6-7-19/h4-5,8,10,19H,3,6-7,9H2,1-2H3,(H,15,20). The first-order valence-electron chi connectivity index (χ1n) is 6.88. The van der Waals surface area contributed by atoms with Crippen molar-refractivity contribution in [1.29, 1.82) is 0 Å². The number of carbonyl (C=O) groups excluding carboxylic acids is 1. The predicted molar refractivity (Wildman–Crippen MR) is 76.4 cm³/mol. The first-order valence-corrected chi connectivity index (χ1v) is 6.88. The van der Waals surface area contributed by atoms with E-state index in [1.807, 2.05) is 19.9 Å². The first kappa shape index (κ1) is 14.5. The minimum atomic E-state index is -0.122. The third-order valence-electron chi connectivity index (χ3n) is 3.31. The van der Waals surface area contributed by atoms with E-state index in [2.05, 4.69) is 15.6 Å². The Balaban J connectivity index is 2.07. The second kappa shape index (κ2) is 6.47. The van der Waals surface area contributed by atoms with Crippen molar-refractivity contribution < 1.29 is 9.90 Å². The number of amides is 1. The summed E-state index contributed by atoms with van der Waals surface area (Å²) in [4.78, 5) is 12.0. The summed E-state index contributed by atoms with van der Waals surface area (Å²) in [5.74, 6) is 0.136. The second-order valence-corrected chi connectivity index (χ2v) is 4.94. The molecule has 0 radical (unpaired) electrons. The monoisotopic (exact) mass is 276 g/mol. The molecule has 2 aromatic rings. The average Bonchev–Trinajstić information content (AvgIpc) is 2.87. The van der Waals surface area contributed by atoms with E-state index in [-0.39, 0.29) is 18.4 Å². The Hall–Kier alpha value is -1.95. The van der Waals surface area contributed by atoms with Gasteiger partial charge in [-0.2, -0.15) is 0 Å². The highest BCUT2D eigenvalue weighted by Gasteiger charge is 2.10. The van der Waals surface area contributed by atoms with Crippen LogP contribution in [0, 0.1) is 5.92 Å². The van der Waals surface area contributed by atoms with Crippen molar-refractivity contribution in [3.05, 3.63) is 23.8 Å². The molecule has 0 aliphatic carbocycles. The molecule has 0 saturated carbocycles. The van der Waals surface area contributed by atoms with Crippen LogP contribution in [0.5, 0.6) is 0 Å². The maximum absolute atomic E-state index is 12.0. The third kappa shape index (κ3) is 3.14. The van der Waals surface area contributed by atoms with Crippen molar-refractivity contribution in [2.45, 2.75) is 26.8 Å². The number of hydrogen-bond donors (Lipinski definition) is 2. The van der Waals surface area contributed by atoms with Crippen molar-refractivity contribution in [2.24, 2.45) is 5.92 Å². The summed E-state index contributed by atoms with van der Waals surface area (Å²) in [6.07, 6.45) is 0.685. The molecule has 0 bridgehead atoms. The number of rotatable bonds is 6. The third-order valence-corrected chi connectivity index (χ3v) is 3.31.